The minimum atomic E-state index is -0.118. The van der Waals surface area contributed by atoms with Gasteiger partial charge in [-0.3, -0.25) is 4.79 Å². The summed E-state index contributed by atoms with van der Waals surface area (Å²) >= 11 is 0. The summed E-state index contributed by atoms with van der Waals surface area (Å²) in [4.78, 5) is 31.2. The number of carbonyl (C=O) groups is 1. The lowest BCUT2D eigenvalue weighted by Crippen LogP contribution is -2.26. The van der Waals surface area contributed by atoms with E-state index in [1.54, 1.807) is 39.4 Å². The Morgan fingerprint density at radius 1 is 1.10 bits per heavy atom. The number of aromatic nitrogens is 4. The number of oxazole rings is 1. The molecule has 0 atom stereocenters. The number of nitrogens with zero attached hydrogens (tertiary/aromatic N) is 4. The van der Waals surface area contributed by atoms with Gasteiger partial charge in [-0.1, -0.05) is 6.07 Å². The number of anilines is 2. The molecule has 0 saturated carbocycles. The van der Waals surface area contributed by atoms with Gasteiger partial charge in [0.15, 0.2) is 11.5 Å². The van der Waals surface area contributed by atoms with Crippen molar-refractivity contribution < 1.29 is 23.4 Å². The third-order valence-corrected chi connectivity index (χ3v) is 6.85. The van der Waals surface area contributed by atoms with Gasteiger partial charge in [0.05, 0.1) is 31.4 Å². The number of fused-ring (bicyclic) bond motifs is 2. The number of amides is 1. The summed E-state index contributed by atoms with van der Waals surface area (Å²) in [5.74, 6) is 1.78. The van der Waals surface area contributed by atoms with E-state index in [0.717, 1.165) is 34.9 Å². The normalized spacial score (nSPS) is 14.0. The quantitative estimate of drug-likeness (QED) is 0.289. The van der Waals surface area contributed by atoms with E-state index >= 15 is 0 Å². The molecule has 1 saturated heterocycles. The Kier molecular flexibility index (Phi) is 6.72. The van der Waals surface area contributed by atoms with Gasteiger partial charge in [-0.15, -0.1) is 0 Å². The maximum atomic E-state index is 12.4. The summed E-state index contributed by atoms with van der Waals surface area (Å²) < 4.78 is 23.4. The van der Waals surface area contributed by atoms with Crippen LogP contribution in [0.25, 0.3) is 33.3 Å². The van der Waals surface area contributed by atoms with Crippen molar-refractivity contribution in [1.82, 2.24) is 24.8 Å². The highest BCUT2D eigenvalue weighted by molar-refractivity contribution is 5.99. The smallest absolute Gasteiger partial charge is 0.253 e. The summed E-state index contributed by atoms with van der Waals surface area (Å²) in [5.41, 5.74) is 5.07. The molecular weight excluding hydrogens is 512 g/mol. The van der Waals surface area contributed by atoms with Crippen molar-refractivity contribution in [2.75, 3.05) is 39.7 Å². The van der Waals surface area contributed by atoms with E-state index in [0.29, 0.717) is 59.2 Å². The van der Waals surface area contributed by atoms with Crippen molar-refractivity contribution in [3.63, 3.8) is 0 Å². The van der Waals surface area contributed by atoms with Crippen LogP contribution < -0.4 is 14.8 Å². The number of ether oxygens (including phenoxy) is 3. The third-order valence-electron chi connectivity index (χ3n) is 6.85. The van der Waals surface area contributed by atoms with Crippen molar-refractivity contribution in [2.45, 2.75) is 25.9 Å². The first kappa shape index (κ1) is 25.6. The van der Waals surface area contributed by atoms with E-state index in [1.165, 1.54) is 4.90 Å². The number of nitrogens with one attached hydrogen (secondary N) is 2. The monoisotopic (exact) mass is 542 g/mol. The van der Waals surface area contributed by atoms with Gasteiger partial charge >= 0.3 is 0 Å². The van der Waals surface area contributed by atoms with Gasteiger partial charge in [0.25, 0.3) is 5.91 Å². The van der Waals surface area contributed by atoms with Crippen LogP contribution in [-0.2, 0) is 4.74 Å². The number of hydrogen-bond acceptors (Lipinski definition) is 9. The van der Waals surface area contributed by atoms with Crippen molar-refractivity contribution in [3.8, 4) is 22.8 Å². The van der Waals surface area contributed by atoms with Gasteiger partial charge < -0.3 is 33.8 Å². The van der Waals surface area contributed by atoms with Crippen LogP contribution in [0, 0.1) is 6.92 Å². The zero-order valence-corrected chi connectivity index (χ0v) is 22.8. The van der Waals surface area contributed by atoms with Crippen molar-refractivity contribution in [1.29, 1.82) is 0 Å². The lowest BCUT2D eigenvalue weighted by molar-refractivity contribution is 0.0244. The van der Waals surface area contributed by atoms with Gasteiger partial charge in [-0.25, -0.2) is 4.98 Å². The van der Waals surface area contributed by atoms with E-state index in [2.05, 4.69) is 15.3 Å². The standard InChI is InChI=1S/C29H30N6O5/c1-16-31-22-7-5-17(13-24(22)39-16)20-15-30-26-25(20)27(40-19-9-11-38-12-10-19)34-29(33-26)32-21-8-6-18(14-23(21)37-4)28(36)35(2)3/h5-8,13-15,19H,9-12H2,1-4H3,(H2,30,32,33,34). The number of hydrogen-bond donors (Lipinski definition) is 2. The SMILES string of the molecule is COc1cc(C(=O)N(C)C)ccc1Nc1nc(OC2CCOCC2)c2c(-c3ccc4nc(C)oc4c3)c[nH]c2n1. The maximum Gasteiger partial charge on any atom is 0.253 e. The molecule has 0 aliphatic carbocycles. The average Bonchev–Trinajstić information content (AvgIpc) is 3.55. The predicted molar refractivity (Wildman–Crippen MR) is 150 cm³/mol. The van der Waals surface area contributed by atoms with Crippen LogP contribution in [-0.4, -0.2) is 71.3 Å². The van der Waals surface area contributed by atoms with Crippen LogP contribution in [0.4, 0.5) is 11.6 Å². The lowest BCUT2D eigenvalue weighted by atomic mass is 10.1. The zero-order chi connectivity index (χ0) is 27.8. The first-order chi connectivity index (χ1) is 19.4. The highest BCUT2D eigenvalue weighted by Crippen LogP contribution is 2.38. The Balaban J connectivity index is 1.41. The van der Waals surface area contributed by atoms with Crippen LogP contribution in [0.1, 0.15) is 29.1 Å². The Morgan fingerprint density at radius 3 is 2.70 bits per heavy atom. The van der Waals surface area contributed by atoms with E-state index in [9.17, 15) is 4.79 Å². The number of carbonyl (C=O) groups excluding carboxylic acids is 1. The van der Waals surface area contributed by atoms with Gasteiger partial charge in [-0.05, 0) is 35.9 Å². The molecule has 1 amide bonds. The molecule has 5 aromatic rings. The molecule has 6 rings (SSSR count). The molecule has 0 bridgehead atoms. The molecule has 206 valence electrons. The minimum Gasteiger partial charge on any atom is -0.495 e. The second-order valence-electron chi connectivity index (χ2n) is 9.86. The first-order valence-electron chi connectivity index (χ1n) is 13.1. The minimum absolute atomic E-state index is 0.0345. The summed E-state index contributed by atoms with van der Waals surface area (Å²) in [6.07, 6.45) is 3.40. The molecule has 1 aliphatic heterocycles. The topological polar surface area (TPSA) is 128 Å². The molecule has 11 heteroatoms. The molecular formula is C29H30N6O5. The first-order valence-corrected chi connectivity index (χ1v) is 13.1. The summed E-state index contributed by atoms with van der Waals surface area (Å²) in [6.45, 7) is 3.11. The lowest BCUT2D eigenvalue weighted by Gasteiger charge is -2.23. The van der Waals surface area contributed by atoms with E-state index in [4.69, 9.17) is 28.6 Å². The molecule has 1 fully saturated rings. The van der Waals surface area contributed by atoms with Crippen LogP contribution >= 0.6 is 0 Å². The molecule has 1 aliphatic rings. The fraction of sp³-hybridized carbons (Fsp3) is 0.310. The summed E-state index contributed by atoms with van der Waals surface area (Å²) in [7, 11) is 4.97. The molecule has 11 nitrogen and oxygen atoms in total. The number of benzene rings is 2. The molecule has 4 heterocycles. The van der Waals surface area contributed by atoms with Crippen LogP contribution in [0.2, 0.25) is 0 Å². The van der Waals surface area contributed by atoms with Crippen molar-refractivity contribution in [3.05, 3.63) is 54.0 Å². The largest absolute Gasteiger partial charge is 0.495 e. The fourth-order valence-electron chi connectivity index (χ4n) is 4.83. The maximum absolute atomic E-state index is 12.4. The molecule has 2 aromatic carbocycles. The Labute approximate surface area is 230 Å². The van der Waals surface area contributed by atoms with Gasteiger partial charge in [0.2, 0.25) is 11.8 Å². The van der Waals surface area contributed by atoms with E-state index < -0.39 is 0 Å². The number of rotatable bonds is 7. The molecule has 40 heavy (non-hydrogen) atoms. The summed E-state index contributed by atoms with van der Waals surface area (Å²) in [6, 6.07) is 11.1. The molecule has 0 radical (unpaired) electrons. The predicted octanol–water partition coefficient (Wildman–Crippen LogP) is 5.09. The molecule has 0 spiro atoms. The van der Waals surface area contributed by atoms with Crippen molar-refractivity contribution in [2.24, 2.45) is 0 Å². The summed E-state index contributed by atoms with van der Waals surface area (Å²) in [5, 5.41) is 4.01. The zero-order valence-electron chi connectivity index (χ0n) is 22.8. The third kappa shape index (κ3) is 4.91. The van der Waals surface area contributed by atoms with Gasteiger partial charge in [0, 0.05) is 51.2 Å². The highest BCUT2D eigenvalue weighted by atomic mass is 16.5. The number of H-pyrrole nitrogens is 1. The van der Waals surface area contributed by atoms with E-state index in [-0.39, 0.29) is 12.0 Å². The fourth-order valence-corrected chi connectivity index (χ4v) is 4.83. The average molecular weight is 543 g/mol. The Morgan fingerprint density at radius 2 is 1.93 bits per heavy atom. The van der Waals surface area contributed by atoms with Crippen LogP contribution in [0.5, 0.6) is 11.6 Å². The van der Waals surface area contributed by atoms with Crippen LogP contribution in [0.15, 0.2) is 47.0 Å². The van der Waals surface area contributed by atoms with E-state index in [1.807, 2.05) is 31.3 Å². The molecule has 3 aromatic heterocycles. The second-order valence-corrected chi connectivity index (χ2v) is 9.86. The van der Waals surface area contributed by atoms with Gasteiger partial charge in [0.1, 0.15) is 23.0 Å². The van der Waals surface area contributed by atoms with Crippen molar-refractivity contribution >= 4 is 39.7 Å². The van der Waals surface area contributed by atoms with Gasteiger partial charge in [-0.2, -0.15) is 9.97 Å². The number of aryl methyl sites for hydroxylation is 1. The number of methoxy groups -OCH3 is 1. The molecule has 2 N–H and O–H groups in total. The Bertz CT molecular complexity index is 1700. The molecule has 0 unspecified atom stereocenters. The Hall–Kier alpha value is -4.64. The van der Waals surface area contributed by atoms with Crippen LogP contribution in [0.3, 0.4) is 0 Å². The highest BCUT2D eigenvalue weighted by Gasteiger charge is 2.23. The number of aromatic amines is 1. The second kappa shape index (κ2) is 10.5.